The second-order valence-electron chi connectivity index (χ2n) is 5.61. The lowest BCUT2D eigenvalue weighted by molar-refractivity contribution is 0.187. The third-order valence-corrected chi connectivity index (χ3v) is 2.56. The first-order chi connectivity index (χ1) is 9.84. The molecule has 0 heterocycles. The SMILES string of the molecule is CN=C(NCc1ccc(NC(=O)OC)cc1)NC(C)(C)C.I. The number of hydrogen-bond acceptors (Lipinski definition) is 3. The quantitative estimate of drug-likeness (QED) is 0.400. The highest BCUT2D eigenvalue weighted by atomic mass is 127. The summed E-state index contributed by atoms with van der Waals surface area (Å²) in [5.41, 5.74) is 1.74. The summed E-state index contributed by atoms with van der Waals surface area (Å²) in [7, 11) is 3.08. The fourth-order valence-corrected chi connectivity index (χ4v) is 1.59. The molecule has 0 unspecified atom stereocenters. The van der Waals surface area contributed by atoms with Gasteiger partial charge in [-0.05, 0) is 38.5 Å². The predicted octanol–water partition coefficient (Wildman–Crippen LogP) is 2.95. The molecule has 0 fully saturated rings. The molecule has 3 N–H and O–H groups in total. The normalized spacial score (nSPS) is 11.2. The van der Waals surface area contributed by atoms with Gasteiger partial charge in [0.25, 0.3) is 0 Å². The van der Waals surface area contributed by atoms with Crippen molar-refractivity contribution in [2.45, 2.75) is 32.9 Å². The standard InChI is InChI=1S/C15H24N4O2.HI/c1-15(2,3)19-13(16-4)17-10-11-6-8-12(9-7-11)18-14(20)21-5;/h6-9H,10H2,1-5H3,(H,18,20)(H2,16,17,19);1H. The van der Waals surface area contributed by atoms with Crippen LogP contribution in [0.3, 0.4) is 0 Å². The second-order valence-corrected chi connectivity index (χ2v) is 5.61. The molecule has 0 aliphatic heterocycles. The van der Waals surface area contributed by atoms with Gasteiger partial charge in [-0.2, -0.15) is 0 Å². The lowest BCUT2D eigenvalue weighted by Crippen LogP contribution is -2.47. The summed E-state index contributed by atoms with van der Waals surface area (Å²) < 4.78 is 4.54. The molecule has 0 saturated heterocycles. The third-order valence-electron chi connectivity index (χ3n) is 2.56. The highest BCUT2D eigenvalue weighted by molar-refractivity contribution is 14.0. The van der Waals surface area contributed by atoms with E-state index in [4.69, 9.17) is 0 Å². The van der Waals surface area contributed by atoms with E-state index in [1.165, 1.54) is 7.11 Å². The molecule has 22 heavy (non-hydrogen) atoms. The maximum Gasteiger partial charge on any atom is 0.411 e. The lowest BCUT2D eigenvalue weighted by Gasteiger charge is -2.23. The van der Waals surface area contributed by atoms with Gasteiger partial charge in [0, 0.05) is 24.8 Å². The van der Waals surface area contributed by atoms with Gasteiger partial charge in [0.2, 0.25) is 0 Å². The minimum absolute atomic E-state index is 0. The molecular weight excluding hydrogens is 395 g/mol. The van der Waals surface area contributed by atoms with Gasteiger partial charge in [-0.1, -0.05) is 12.1 Å². The highest BCUT2D eigenvalue weighted by Gasteiger charge is 2.11. The topological polar surface area (TPSA) is 74.8 Å². The molecule has 7 heteroatoms. The van der Waals surface area contributed by atoms with Crippen LogP contribution in [-0.2, 0) is 11.3 Å². The summed E-state index contributed by atoms with van der Waals surface area (Å²) >= 11 is 0. The number of nitrogens with zero attached hydrogens (tertiary/aromatic N) is 1. The molecule has 1 aromatic carbocycles. The molecule has 0 aromatic heterocycles. The summed E-state index contributed by atoms with van der Waals surface area (Å²) in [4.78, 5) is 15.3. The predicted molar refractivity (Wildman–Crippen MR) is 101 cm³/mol. The molecule has 0 atom stereocenters. The first-order valence-corrected chi connectivity index (χ1v) is 6.77. The van der Waals surface area contributed by atoms with Gasteiger partial charge in [-0.25, -0.2) is 4.79 Å². The first kappa shape index (κ1) is 20.5. The van der Waals surface area contributed by atoms with Gasteiger partial charge in [0.15, 0.2) is 5.96 Å². The Kier molecular flexibility index (Phi) is 8.84. The second kappa shape index (κ2) is 9.50. The Balaban J connectivity index is 0.00000441. The van der Waals surface area contributed by atoms with Crippen LogP contribution in [0.25, 0.3) is 0 Å². The zero-order chi connectivity index (χ0) is 15.9. The smallest absolute Gasteiger partial charge is 0.411 e. The van der Waals surface area contributed by atoms with Gasteiger partial charge >= 0.3 is 6.09 Å². The van der Waals surface area contributed by atoms with Crippen LogP contribution in [0, 0.1) is 0 Å². The van der Waals surface area contributed by atoms with Crippen LogP contribution < -0.4 is 16.0 Å². The van der Waals surface area contributed by atoms with Crippen LogP contribution in [-0.4, -0.2) is 31.7 Å². The molecule has 124 valence electrons. The lowest BCUT2D eigenvalue weighted by atomic mass is 10.1. The van der Waals surface area contributed by atoms with E-state index in [0.29, 0.717) is 12.2 Å². The van der Waals surface area contributed by atoms with E-state index in [9.17, 15) is 4.79 Å². The van der Waals surface area contributed by atoms with Crippen LogP contribution in [0.5, 0.6) is 0 Å². The Bertz CT molecular complexity index is 495. The minimum Gasteiger partial charge on any atom is -0.453 e. The Morgan fingerprint density at radius 3 is 2.27 bits per heavy atom. The monoisotopic (exact) mass is 420 g/mol. The third kappa shape index (κ3) is 8.06. The Morgan fingerprint density at radius 2 is 1.82 bits per heavy atom. The average molecular weight is 420 g/mol. The number of anilines is 1. The molecule has 0 aliphatic rings. The number of carbonyl (C=O) groups is 1. The number of nitrogens with one attached hydrogen (secondary N) is 3. The molecule has 1 rings (SSSR count). The van der Waals surface area contributed by atoms with Crippen molar-refractivity contribution >= 4 is 41.7 Å². The van der Waals surface area contributed by atoms with Gasteiger partial charge in [-0.3, -0.25) is 10.3 Å². The largest absolute Gasteiger partial charge is 0.453 e. The number of hydrogen-bond donors (Lipinski definition) is 3. The molecule has 1 aromatic rings. The van der Waals surface area contributed by atoms with Crippen molar-refractivity contribution in [3.8, 4) is 0 Å². The van der Waals surface area contributed by atoms with Crippen molar-refractivity contribution in [1.82, 2.24) is 10.6 Å². The summed E-state index contributed by atoms with van der Waals surface area (Å²) in [6, 6.07) is 7.52. The van der Waals surface area contributed by atoms with Gasteiger partial charge in [-0.15, -0.1) is 24.0 Å². The van der Waals surface area contributed by atoms with Gasteiger partial charge in [0.1, 0.15) is 0 Å². The zero-order valence-electron chi connectivity index (χ0n) is 13.7. The van der Waals surface area contributed by atoms with E-state index >= 15 is 0 Å². The fourth-order valence-electron chi connectivity index (χ4n) is 1.59. The Morgan fingerprint density at radius 1 is 1.23 bits per heavy atom. The molecule has 0 bridgehead atoms. The van der Waals surface area contributed by atoms with Gasteiger partial charge in [0.05, 0.1) is 7.11 Å². The number of amides is 1. The number of ether oxygens (including phenoxy) is 1. The van der Waals surface area contributed by atoms with Crippen LogP contribution in [0.15, 0.2) is 29.3 Å². The molecule has 0 saturated carbocycles. The average Bonchev–Trinajstić information content (AvgIpc) is 2.43. The zero-order valence-corrected chi connectivity index (χ0v) is 16.0. The molecule has 1 amide bonds. The Labute approximate surface area is 149 Å². The van der Waals surface area contributed by atoms with Crippen molar-refractivity contribution in [2.75, 3.05) is 19.5 Å². The van der Waals surface area contributed by atoms with Crippen LogP contribution >= 0.6 is 24.0 Å². The number of halogens is 1. The van der Waals surface area contributed by atoms with Crippen LogP contribution in [0.1, 0.15) is 26.3 Å². The van der Waals surface area contributed by atoms with Crippen LogP contribution in [0.4, 0.5) is 10.5 Å². The minimum atomic E-state index is -0.476. The highest BCUT2D eigenvalue weighted by Crippen LogP contribution is 2.09. The first-order valence-electron chi connectivity index (χ1n) is 6.77. The van der Waals surface area contributed by atoms with Crippen molar-refractivity contribution in [1.29, 1.82) is 0 Å². The number of carbonyl (C=O) groups excluding carboxylic acids is 1. The number of rotatable bonds is 3. The molecule has 6 nitrogen and oxygen atoms in total. The molecule has 0 aliphatic carbocycles. The van der Waals surface area contributed by atoms with E-state index < -0.39 is 6.09 Å². The maximum atomic E-state index is 11.1. The van der Waals surface area contributed by atoms with Crippen LogP contribution in [0.2, 0.25) is 0 Å². The summed E-state index contributed by atoms with van der Waals surface area (Å²) in [5, 5.41) is 9.14. The number of guanidine groups is 1. The Hall–Kier alpha value is -1.51. The summed E-state index contributed by atoms with van der Waals surface area (Å²) in [6.45, 7) is 6.88. The molecular formula is C15H25IN4O2. The number of methoxy groups -OCH3 is 1. The van der Waals surface area contributed by atoms with E-state index in [-0.39, 0.29) is 29.5 Å². The van der Waals surface area contributed by atoms with Crippen molar-refractivity contribution in [2.24, 2.45) is 4.99 Å². The summed E-state index contributed by atoms with van der Waals surface area (Å²) in [5.74, 6) is 0.749. The van der Waals surface area contributed by atoms with Crippen molar-refractivity contribution < 1.29 is 9.53 Å². The molecule has 0 radical (unpaired) electrons. The number of aliphatic imine (C=N–C) groups is 1. The molecule has 0 spiro atoms. The van der Waals surface area contributed by atoms with Gasteiger partial charge < -0.3 is 15.4 Å². The van der Waals surface area contributed by atoms with Crippen molar-refractivity contribution in [3.05, 3.63) is 29.8 Å². The van der Waals surface area contributed by atoms with E-state index in [0.717, 1.165) is 11.5 Å². The summed E-state index contributed by atoms with van der Waals surface area (Å²) in [6.07, 6.45) is -0.476. The van der Waals surface area contributed by atoms with E-state index in [2.05, 4.69) is 46.5 Å². The maximum absolute atomic E-state index is 11.1. The number of benzene rings is 1. The van der Waals surface area contributed by atoms with E-state index in [1.807, 2.05) is 24.3 Å². The fraction of sp³-hybridized carbons (Fsp3) is 0.467. The van der Waals surface area contributed by atoms with E-state index in [1.54, 1.807) is 7.05 Å². The van der Waals surface area contributed by atoms with Crippen molar-refractivity contribution in [3.63, 3.8) is 0 Å².